The number of carbonyl (C=O) groups excluding carboxylic acids is 1. The van der Waals surface area contributed by atoms with Crippen LogP contribution >= 0.6 is 23.1 Å². The van der Waals surface area contributed by atoms with Crippen molar-refractivity contribution < 1.29 is 9.72 Å². The van der Waals surface area contributed by atoms with E-state index in [2.05, 4.69) is 5.32 Å². The molecular weight excluding hydrogens is 436 g/mol. The number of hydrogen-bond donors (Lipinski definition) is 1. The van der Waals surface area contributed by atoms with Crippen LogP contribution in [0.2, 0.25) is 0 Å². The van der Waals surface area contributed by atoms with Crippen LogP contribution in [0.1, 0.15) is 35.8 Å². The van der Waals surface area contributed by atoms with Gasteiger partial charge in [0.15, 0.2) is 5.16 Å². The lowest BCUT2D eigenvalue weighted by Gasteiger charge is -2.11. The molecule has 0 saturated heterocycles. The van der Waals surface area contributed by atoms with Crippen molar-refractivity contribution in [1.29, 1.82) is 0 Å². The molecule has 1 amide bonds. The highest BCUT2D eigenvalue weighted by atomic mass is 32.2. The summed E-state index contributed by atoms with van der Waals surface area (Å²) in [6.45, 7) is 4.27. The highest BCUT2D eigenvalue weighted by Crippen LogP contribution is 2.35. The fourth-order valence-corrected chi connectivity index (χ4v) is 5.93. The third-order valence-electron chi connectivity index (χ3n) is 5.19. The number of nitrogens with zero attached hydrogens (tertiary/aromatic N) is 3. The first-order valence-electron chi connectivity index (χ1n) is 10.1. The lowest BCUT2D eigenvalue weighted by Crippen LogP contribution is -2.24. The molecule has 0 unspecified atom stereocenters. The highest BCUT2D eigenvalue weighted by Gasteiger charge is 2.23. The summed E-state index contributed by atoms with van der Waals surface area (Å²) in [6.07, 6.45) is 3.76. The van der Waals surface area contributed by atoms with Gasteiger partial charge in [-0.2, -0.15) is 0 Å². The lowest BCUT2D eigenvalue weighted by atomic mass is 10.2. The second kappa shape index (κ2) is 8.80. The summed E-state index contributed by atoms with van der Waals surface area (Å²) in [5.41, 5.74) is 1.86. The van der Waals surface area contributed by atoms with E-state index in [0.29, 0.717) is 11.7 Å². The minimum Gasteiger partial charge on any atom is -0.320 e. The Morgan fingerprint density at radius 2 is 2.19 bits per heavy atom. The van der Waals surface area contributed by atoms with Gasteiger partial charge in [0.05, 0.1) is 16.1 Å². The number of hydrogen-bond acceptors (Lipinski definition) is 7. The largest absolute Gasteiger partial charge is 0.320 e. The Morgan fingerprint density at radius 1 is 1.39 bits per heavy atom. The molecule has 3 aromatic rings. The molecule has 8 nitrogen and oxygen atoms in total. The molecule has 0 aliphatic heterocycles. The zero-order valence-electron chi connectivity index (χ0n) is 17.3. The number of aryl methyl sites for hydroxylation is 3. The first-order valence-corrected chi connectivity index (χ1v) is 11.9. The van der Waals surface area contributed by atoms with E-state index >= 15 is 0 Å². The molecule has 0 radical (unpaired) electrons. The van der Waals surface area contributed by atoms with Gasteiger partial charge in [0, 0.05) is 17.5 Å². The standard InChI is InChI=1S/C21H22N4O4S2/c1-3-9-24-20(27)18-13-5-4-6-16(13)31-19(18)23-21(24)30-11-17(26)22-14-8-7-12(2)10-15(14)25(28)29/h7-8,10H,3-6,9,11H2,1-2H3,(H,22,26). The van der Waals surface area contributed by atoms with E-state index in [0.717, 1.165) is 47.0 Å². The van der Waals surface area contributed by atoms with Gasteiger partial charge in [-0.15, -0.1) is 11.3 Å². The number of nitrogens with one attached hydrogen (secondary N) is 1. The van der Waals surface area contributed by atoms with Crippen molar-refractivity contribution in [2.75, 3.05) is 11.1 Å². The molecule has 162 valence electrons. The van der Waals surface area contributed by atoms with Gasteiger partial charge >= 0.3 is 0 Å². The Kier molecular flexibility index (Phi) is 6.10. The van der Waals surface area contributed by atoms with Crippen molar-refractivity contribution in [2.45, 2.75) is 51.2 Å². The van der Waals surface area contributed by atoms with Crippen molar-refractivity contribution in [1.82, 2.24) is 9.55 Å². The van der Waals surface area contributed by atoms with Crippen molar-refractivity contribution in [2.24, 2.45) is 0 Å². The normalized spacial score (nSPS) is 12.8. The first-order chi connectivity index (χ1) is 14.9. The van der Waals surface area contributed by atoms with Gasteiger partial charge in [-0.3, -0.25) is 24.3 Å². The monoisotopic (exact) mass is 458 g/mol. The number of benzene rings is 1. The average molecular weight is 459 g/mol. The number of thioether (sulfide) groups is 1. The van der Waals surface area contributed by atoms with Gasteiger partial charge in [0.1, 0.15) is 10.5 Å². The summed E-state index contributed by atoms with van der Waals surface area (Å²) in [6, 6.07) is 4.66. The minimum atomic E-state index is -0.514. The van der Waals surface area contributed by atoms with E-state index < -0.39 is 4.92 Å². The van der Waals surface area contributed by atoms with E-state index in [9.17, 15) is 19.7 Å². The Morgan fingerprint density at radius 3 is 2.94 bits per heavy atom. The Labute approximate surface area is 186 Å². The SMILES string of the molecule is CCCn1c(SCC(=O)Nc2ccc(C)cc2[N+](=O)[O-])nc2sc3c(c2c1=O)CCC3. The number of thiophene rings is 1. The quantitative estimate of drug-likeness (QED) is 0.245. The van der Waals surface area contributed by atoms with Crippen LogP contribution in [0.25, 0.3) is 10.2 Å². The van der Waals surface area contributed by atoms with Crippen molar-refractivity contribution in [3.63, 3.8) is 0 Å². The van der Waals surface area contributed by atoms with Gasteiger partial charge < -0.3 is 5.32 Å². The van der Waals surface area contributed by atoms with E-state index in [-0.39, 0.29) is 28.6 Å². The minimum absolute atomic E-state index is 0.00220. The fourth-order valence-electron chi connectivity index (χ4n) is 3.80. The van der Waals surface area contributed by atoms with Crippen LogP contribution in [0.5, 0.6) is 0 Å². The van der Waals surface area contributed by atoms with Gasteiger partial charge in [0.2, 0.25) is 5.91 Å². The number of aromatic nitrogens is 2. The van der Waals surface area contributed by atoms with Crippen LogP contribution in [-0.4, -0.2) is 26.1 Å². The Bertz CT molecular complexity index is 1250. The summed E-state index contributed by atoms with van der Waals surface area (Å²) in [5, 5.41) is 15.1. The summed E-state index contributed by atoms with van der Waals surface area (Å²) in [7, 11) is 0. The maximum absolute atomic E-state index is 13.2. The number of nitro benzene ring substituents is 1. The van der Waals surface area contributed by atoms with Crippen molar-refractivity contribution in [3.05, 3.63) is 54.7 Å². The van der Waals surface area contributed by atoms with Gasteiger partial charge in [-0.05, 0) is 49.8 Å². The molecule has 0 atom stereocenters. The van der Waals surface area contributed by atoms with Crippen LogP contribution in [0, 0.1) is 17.0 Å². The predicted molar refractivity (Wildman–Crippen MR) is 123 cm³/mol. The van der Waals surface area contributed by atoms with Crippen molar-refractivity contribution >= 4 is 50.6 Å². The van der Waals surface area contributed by atoms with E-state index in [4.69, 9.17) is 4.98 Å². The second-order valence-electron chi connectivity index (χ2n) is 7.50. The molecule has 1 aliphatic carbocycles. The Hall–Kier alpha value is -2.72. The number of nitro groups is 1. The number of carbonyl (C=O) groups is 1. The van der Waals surface area contributed by atoms with E-state index in [1.54, 1.807) is 28.9 Å². The zero-order valence-corrected chi connectivity index (χ0v) is 18.9. The van der Waals surface area contributed by atoms with Gasteiger partial charge in [-0.25, -0.2) is 4.98 Å². The smallest absolute Gasteiger partial charge is 0.293 e. The fraction of sp³-hybridized carbons (Fsp3) is 0.381. The average Bonchev–Trinajstić information content (AvgIpc) is 3.31. The summed E-state index contributed by atoms with van der Waals surface area (Å²) < 4.78 is 1.65. The molecular formula is C21H22N4O4S2. The molecule has 10 heteroatoms. The third kappa shape index (κ3) is 4.22. The molecule has 0 saturated carbocycles. The molecule has 0 spiro atoms. The molecule has 0 fully saturated rings. The van der Waals surface area contributed by atoms with Crippen LogP contribution in [0.4, 0.5) is 11.4 Å². The zero-order chi connectivity index (χ0) is 22.1. The van der Waals surface area contributed by atoms with E-state index in [1.807, 2.05) is 6.92 Å². The molecule has 1 N–H and O–H groups in total. The van der Waals surface area contributed by atoms with Gasteiger partial charge in [0.25, 0.3) is 11.2 Å². The molecule has 31 heavy (non-hydrogen) atoms. The first kappa shape index (κ1) is 21.5. The summed E-state index contributed by atoms with van der Waals surface area (Å²) in [4.78, 5) is 43.1. The molecule has 2 heterocycles. The predicted octanol–water partition coefficient (Wildman–Crippen LogP) is 4.30. The molecule has 4 rings (SSSR count). The third-order valence-corrected chi connectivity index (χ3v) is 7.36. The maximum atomic E-state index is 13.2. The maximum Gasteiger partial charge on any atom is 0.293 e. The number of amides is 1. The lowest BCUT2D eigenvalue weighted by molar-refractivity contribution is -0.384. The van der Waals surface area contributed by atoms with Crippen LogP contribution in [0.3, 0.4) is 0 Å². The second-order valence-corrected chi connectivity index (χ2v) is 9.53. The topological polar surface area (TPSA) is 107 Å². The Balaban J connectivity index is 1.58. The van der Waals surface area contributed by atoms with Crippen LogP contribution in [-0.2, 0) is 24.2 Å². The molecule has 0 bridgehead atoms. The van der Waals surface area contributed by atoms with Gasteiger partial charge in [-0.1, -0.05) is 24.8 Å². The highest BCUT2D eigenvalue weighted by molar-refractivity contribution is 7.99. The van der Waals surface area contributed by atoms with Crippen molar-refractivity contribution in [3.8, 4) is 0 Å². The number of anilines is 1. The number of fused-ring (bicyclic) bond motifs is 3. The molecule has 1 aromatic carbocycles. The summed E-state index contributed by atoms with van der Waals surface area (Å²) in [5.74, 6) is -0.388. The van der Waals surface area contributed by atoms with Crippen LogP contribution < -0.4 is 10.9 Å². The molecule has 1 aliphatic rings. The molecule has 2 aromatic heterocycles. The van der Waals surface area contributed by atoms with Crippen LogP contribution in [0.15, 0.2) is 28.2 Å². The number of rotatable bonds is 7. The van der Waals surface area contributed by atoms with E-state index in [1.165, 1.54) is 28.8 Å². The summed E-state index contributed by atoms with van der Waals surface area (Å²) >= 11 is 2.75.